The first kappa shape index (κ1) is 13.4. The smallest absolute Gasteiger partial charge is 0.328 e. The Balaban J connectivity index is 2.34. The van der Waals surface area contributed by atoms with Crippen molar-refractivity contribution in [2.75, 3.05) is 32.5 Å². The Kier molecular flexibility index (Phi) is 3.71. The maximum atomic E-state index is 11.9. The molecule has 0 saturated heterocycles. The Morgan fingerprint density at radius 2 is 2.05 bits per heavy atom. The van der Waals surface area contributed by atoms with Crippen molar-refractivity contribution in [3.05, 3.63) is 39.0 Å². The normalized spacial score (nSPS) is 11.2. The number of nitrogens with one attached hydrogen (secondary N) is 2. The van der Waals surface area contributed by atoms with E-state index in [0.29, 0.717) is 10.9 Å². The zero-order valence-electron chi connectivity index (χ0n) is 11.4. The van der Waals surface area contributed by atoms with E-state index in [0.717, 1.165) is 23.3 Å². The fourth-order valence-electron chi connectivity index (χ4n) is 1.84. The van der Waals surface area contributed by atoms with Crippen molar-refractivity contribution in [2.45, 2.75) is 0 Å². The monoisotopic (exact) mass is 262 g/mol. The van der Waals surface area contributed by atoms with Crippen molar-refractivity contribution in [2.24, 2.45) is 7.05 Å². The summed E-state index contributed by atoms with van der Waals surface area (Å²) in [6, 6.07) is 5.36. The number of nitrogens with zero attached hydrogens (tertiary/aromatic N) is 2. The van der Waals surface area contributed by atoms with E-state index in [1.165, 1.54) is 7.05 Å². The predicted molar refractivity (Wildman–Crippen MR) is 76.9 cm³/mol. The summed E-state index contributed by atoms with van der Waals surface area (Å²) in [7, 11) is 5.47. The molecule has 0 aliphatic rings. The van der Waals surface area contributed by atoms with Crippen LogP contribution in [0.3, 0.4) is 0 Å². The average Bonchev–Trinajstić information content (AvgIpc) is 2.35. The maximum Gasteiger partial charge on any atom is 0.328 e. The van der Waals surface area contributed by atoms with Gasteiger partial charge < -0.3 is 15.2 Å². The van der Waals surface area contributed by atoms with Gasteiger partial charge in [0, 0.05) is 25.8 Å². The molecular weight excluding hydrogens is 244 g/mol. The highest BCUT2D eigenvalue weighted by Gasteiger charge is 2.04. The van der Waals surface area contributed by atoms with Crippen LogP contribution in [0, 0.1) is 0 Å². The molecular formula is C13H18N4O2. The molecule has 0 spiro atoms. The van der Waals surface area contributed by atoms with Crippen LogP contribution in [0.2, 0.25) is 0 Å². The number of likely N-dealkylation sites (N-methyl/N-ethyl adjacent to an activating group) is 1. The minimum Gasteiger partial charge on any atom is -0.384 e. The van der Waals surface area contributed by atoms with Gasteiger partial charge in [-0.25, -0.2) is 4.79 Å². The second-order valence-electron chi connectivity index (χ2n) is 4.78. The van der Waals surface area contributed by atoms with Gasteiger partial charge in [-0.05, 0) is 32.3 Å². The standard InChI is InChI=1S/C13H18N4O2/c1-16(2)7-6-14-9-4-5-10-11(8-9)15-13(19)17(3)12(10)18/h4-5,8,14H,6-7H2,1-3H3,(H,15,19). The summed E-state index contributed by atoms with van der Waals surface area (Å²) < 4.78 is 1.07. The van der Waals surface area contributed by atoms with Crippen LogP contribution in [0.15, 0.2) is 27.8 Å². The number of anilines is 1. The molecule has 1 heterocycles. The molecule has 0 fully saturated rings. The first-order valence-corrected chi connectivity index (χ1v) is 6.10. The van der Waals surface area contributed by atoms with Gasteiger partial charge in [-0.15, -0.1) is 0 Å². The van der Waals surface area contributed by atoms with E-state index in [9.17, 15) is 9.59 Å². The van der Waals surface area contributed by atoms with E-state index in [1.54, 1.807) is 12.1 Å². The summed E-state index contributed by atoms with van der Waals surface area (Å²) in [5, 5.41) is 3.76. The summed E-state index contributed by atoms with van der Waals surface area (Å²) in [6.45, 7) is 1.71. The second kappa shape index (κ2) is 5.27. The lowest BCUT2D eigenvalue weighted by atomic mass is 10.2. The highest BCUT2D eigenvalue weighted by molar-refractivity contribution is 5.81. The summed E-state index contributed by atoms with van der Waals surface area (Å²) in [6.07, 6.45) is 0. The lowest BCUT2D eigenvalue weighted by molar-refractivity contribution is 0.425. The number of aromatic nitrogens is 2. The molecule has 19 heavy (non-hydrogen) atoms. The fraction of sp³-hybridized carbons (Fsp3) is 0.385. The summed E-state index contributed by atoms with van der Waals surface area (Å²) >= 11 is 0. The highest BCUT2D eigenvalue weighted by Crippen LogP contribution is 2.13. The number of hydrogen-bond acceptors (Lipinski definition) is 4. The summed E-state index contributed by atoms with van der Waals surface area (Å²) in [5.74, 6) is 0. The zero-order valence-corrected chi connectivity index (χ0v) is 11.4. The molecule has 2 rings (SSSR count). The zero-order chi connectivity index (χ0) is 14.0. The molecule has 0 aliphatic carbocycles. The fourth-order valence-corrected chi connectivity index (χ4v) is 1.84. The minimum absolute atomic E-state index is 0.279. The Labute approximate surface area is 110 Å². The van der Waals surface area contributed by atoms with E-state index in [4.69, 9.17) is 0 Å². The van der Waals surface area contributed by atoms with Gasteiger partial charge >= 0.3 is 5.69 Å². The molecule has 6 heteroatoms. The molecule has 0 atom stereocenters. The first-order valence-electron chi connectivity index (χ1n) is 6.10. The van der Waals surface area contributed by atoms with Crippen LogP contribution in [0.5, 0.6) is 0 Å². The Morgan fingerprint density at radius 3 is 2.74 bits per heavy atom. The average molecular weight is 262 g/mol. The molecule has 2 N–H and O–H groups in total. The summed E-state index contributed by atoms with van der Waals surface area (Å²) in [5.41, 5.74) is 0.766. The molecule has 0 amide bonds. The van der Waals surface area contributed by atoms with Crippen molar-refractivity contribution in [3.63, 3.8) is 0 Å². The number of hydrogen-bond donors (Lipinski definition) is 2. The minimum atomic E-state index is -0.400. The lowest BCUT2D eigenvalue weighted by Crippen LogP contribution is -2.32. The molecule has 0 aliphatic heterocycles. The number of aromatic amines is 1. The van der Waals surface area contributed by atoms with E-state index in [2.05, 4.69) is 15.2 Å². The molecule has 1 aromatic carbocycles. The Morgan fingerprint density at radius 1 is 1.32 bits per heavy atom. The predicted octanol–water partition coefficient (Wildman–Crippen LogP) is 0.200. The van der Waals surface area contributed by atoms with Crippen LogP contribution in [0.4, 0.5) is 5.69 Å². The van der Waals surface area contributed by atoms with Crippen molar-refractivity contribution in [1.82, 2.24) is 14.5 Å². The van der Waals surface area contributed by atoms with Gasteiger partial charge in [0.25, 0.3) is 5.56 Å². The van der Waals surface area contributed by atoms with E-state index < -0.39 is 5.69 Å². The third-order valence-electron chi connectivity index (χ3n) is 2.99. The molecule has 2 aromatic rings. The number of fused-ring (bicyclic) bond motifs is 1. The third kappa shape index (κ3) is 2.85. The third-order valence-corrected chi connectivity index (χ3v) is 2.99. The van der Waals surface area contributed by atoms with Gasteiger partial charge in [0.15, 0.2) is 0 Å². The van der Waals surface area contributed by atoms with E-state index in [-0.39, 0.29) is 5.56 Å². The van der Waals surface area contributed by atoms with Crippen LogP contribution in [-0.2, 0) is 7.05 Å². The molecule has 0 bridgehead atoms. The van der Waals surface area contributed by atoms with E-state index in [1.807, 2.05) is 20.2 Å². The van der Waals surface area contributed by atoms with Crippen LogP contribution in [0.1, 0.15) is 0 Å². The van der Waals surface area contributed by atoms with Crippen LogP contribution < -0.4 is 16.6 Å². The van der Waals surface area contributed by atoms with Crippen molar-refractivity contribution in [3.8, 4) is 0 Å². The van der Waals surface area contributed by atoms with Crippen molar-refractivity contribution < 1.29 is 0 Å². The Bertz CT molecular complexity index is 700. The Hall–Kier alpha value is -2.08. The quantitative estimate of drug-likeness (QED) is 0.826. The van der Waals surface area contributed by atoms with Gasteiger partial charge in [0.2, 0.25) is 0 Å². The largest absolute Gasteiger partial charge is 0.384 e. The first-order chi connectivity index (χ1) is 8.99. The molecule has 0 unspecified atom stereocenters. The van der Waals surface area contributed by atoms with Crippen LogP contribution in [0.25, 0.3) is 10.9 Å². The molecule has 0 saturated carbocycles. The van der Waals surface area contributed by atoms with E-state index >= 15 is 0 Å². The lowest BCUT2D eigenvalue weighted by Gasteiger charge is -2.11. The van der Waals surface area contributed by atoms with Gasteiger partial charge in [-0.2, -0.15) is 0 Å². The topological polar surface area (TPSA) is 70.1 Å². The van der Waals surface area contributed by atoms with Crippen LogP contribution >= 0.6 is 0 Å². The molecule has 1 aromatic heterocycles. The van der Waals surface area contributed by atoms with Gasteiger partial charge in [-0.3, -0.25) is 9.36 Å². The van der Waals surface area contributed by atoms with Gasteiger partial charge in [-0.1, -0.05) is 0 Å². The summed E-state index contributed by atoms with van der Waals surface area (Å²) in [4.78, 5) is 28.2. The van der Waals surface area contributed by atoms with Crippen molar-refractivity contribution >= 4 is 16.6 Å². The number of benzene rings is 1. The van der Waals surface area contributed by atoms with Gasteiger partial charge in [0.05, 0.1) is 10.9 Å². The van der Waals surface area contributed by atoms with Crippen LogP contribution in [-0.4, -0.2) is 41.6 Å². The maximum absolute atomic E-state index is 11.9. The number of rotatable bonds is 4. The SMILES string of the molecule is CN(C)CCNc1ccc2c(=O)n(C)c(=O)[nH]c2c1. The molecule has 0 radical (unpaired) electrons. The highest BCUT2D eigenvalue weighted by atomic mass is 16.2. The molecule has 6 nitrogen and oxygen atoms in total. The van der Waals surface area contributed by atoms with Gasteiger partial charge in [0.1, 0.15) is 0 Å². The second-order valence-corrected chi connectivity index (χ2v) is 4.78. The number of H-pyrrole nitrogens is 1. The molecule has 102 valence electrons. The van der Waals surface area contributed by atoms with Crippen molar-refractivity contribution in [1.29, 1.82) is 0 Å².